The molecule has 0 atom stereocenters. The van der Waals surface area contributed by atoms with Gasteiger partial charge in [0, 0.05) is 45.8 Å². The third kappa shape index (κ3) is 5.69. The lowest BCUT2D eigenvalue weighted by Crippen LogP contribution is -2.47. The zero-order valence-electron chi connectivity index (χ0n) is 12.2. The van der Waals surface area contributed by atoms with Crippen LogP contribution in [0.5, 0.6) is 0 Å². The van der Waals surface area contributed by atoms with Gasteiger partial charge in [0.25, 0.3) is 0 Å². The Morgan fingerprint density at radius 1 is 0.944 bits per heavy atom. The summed E-state index contributed by atoms with van der Waals surface area (Å²) in [4.78, 5) is 9.58. The number of hydrogen-bond acceptors (Lipinski definition) is 3. The standard InChI is InChI=1S/C13H29N5/c1-4-14-13(15-5-2)16-7-8-18-11-9-17(6-3)10-12-18/h4-12H2,1-3H3,(H2,14,15,16). The number of nitrogens with zero attached hydrogens (tertiary/aromatic N) is 3. The van der Waals surface area contributed by atoms with Crippen LogP contribution in [0, 0.1) is 0 Å². The molecule has 0 amide bonds. The van der Waals surface area contributed by atoms with Gasteiger partial charge in [-0.15, -0.1) is 0 Å². The monoisotopic (exact) mass is 255 g/mol. The number of likely N-dealkylation sites (N-methyl/N-ethyl adjacent to an activating group) is 1. The van der Waals surface area contributed by atoms with Gasteiger partial charge in [0.15, 0.2) is 5.96 Å². The lowest BCUT2D eigenvalue weighted by molar-refractivity contribution is 0.140. The normalized spacial score (nSPS) is 17.5. The Morgan fingerprint density at radius 3 is 2.00 bits per heavy atom. The van der Waals surface area contributed by atoms with Gasteiger partial charge in [-0.1, -0.05) is 6.92 Å². The first kappa shape index (κ1) is 15.2. The van der Waals surface area contributed by atoms with Crippen molar-refractivity contribution in [2.24, 2.45) is 4.99 Å². The second kappa shape index (κ2) is 9.16. The average Bonchev–Trinajstić information content (AvgIpc) is 2.40. The van der Waals surface area contributed by atoms with Crippen LogP contribution in [0.2, 0.25) is 0 Å². The fourth-order valence-electron chi connectivity index (χ4n) is 2.14. The number of nitrogens with one attached hydrogen (secondary N) is 2. The minimum atomic E-state index is 0.876. The first-order valence-corrected chi connectivity index (χ1v) is 7.27. The molecule has 1 fully saturated rings. The largest absolute Gasteiger partial charge is 0.357 e. The predicted octanol–water partition coefficient (Wildman–Crippen LogP) is 0.199. The zero-order valence-corrected chi connectivity index (χ0v) is 12.2. The van der Waals surface area contributed by atoms with Gasteiger partial charge in [-0.2, -0.15) is 0 Å². The van der Waals surface area contributed by atoms with Crippen molar-refractivity contribution in [1.29, 1.82) is 0 Å². The highest BCUT2D eigenvalue weighted by Crippen LogP contribution is 2.00. The van der Waals surface area contributed by atoms with Gasteiger partial charge in [0.2, 0.25) is 0 Å². The van der Waals surface area contributed by atoms with E-state index in [-0.39, 0.29) is 0 Å². The molecule has 5 heteroatoms. The van der Waals surface area contributed by atoms with Crippen LogP contribution in [0.1, 0.15) is 20.8 Å². The quantitative estimate of drug-likeness (QED) is 0.526. The molecule has 18 heavy (non-hydrogen) atoms. The van der Waals surface area contributed by atoms with Crippen molar-refractivity contribution in [3.63, 3.8) is 0 Å². The van der Waals surface area contributed by atoms with Crippen LogP contribution in [-0.2, 0) is 0 Å². The summed E-state index contributed by atoms with van der Waals surface area (Å²) in [5.41, 5.74) is 0. The fourth-order valence-corrected chi connectivity index (χ4v) is 2.14. The summed E-state index contributed by atoms with van der Waals surface area (Å²) >= 11 is 0. The first-order valence-electron chi connectivity index (χ1n) is 7.27. The molecule has 0 bridgehead atoms. The van der Waals surface area contributed by atoms with Gasteiger partial charge in [-0.05, 0) is 20.4 Å². The molecule has 0 aliphatic carbocycles. The molecule has 0 radical (unpaired) electrons. The fraction of sp³-hybridized carbons (Fsp3) is 0.923. The highest BCUT2D eigenvalue weighted by Gasteiger charge is 2.14. The third-order valence-corrected chi connectivity index (χ3v) is 3.29. The maximum atomic E-state index is 4.58. The average molecular weight is 255 g/mol. The summed E-state index contributed by atoms with van der Waals surface area (Å²) in [6, 6.07) is 0. The van der Waals surface area contributed by atoms with Gasteiger partial charge in [-0.25, -0.2) is 0 Å². The summed E-state index contributed by atoms with van der Waals surface area (Å²) in [6.45, 7) is 16.1. The van der Waals surface area contributed by atoms with E-state index < -0.39 is 0 Å². The maximum Gasteiger partial charge on any atom is 0.191 e. The van der Waals surface area contributed by atoms with Crippen molar-refractivity contribution >= 4 is 5.96 Å². The molecule has 0 aromatic heterocycles. The molecule has 0 spiro atoms. The van der Waals surface area contributed by atoms with E-state index in [4.69, 9.17) is 0 Å². The topological polar surface area (TPSA) is 42.9 Å². The van der Waals surface area contributed by atoms with Crippen molar-refractivity contribution < 1.29 is 0 Å². The van der Waals surface area contributed by atoms with E-state index in [2.05, 4.69) is 46.2 Å². The summed E-state index contributed by atoms with van der Waals surface area (Å²) in [5.74, 6) is 0.937. The molecule has 1 rings (SSSR count). The number of piperazine rings is 1. The minimum absolute atomic E-state index is 0.876. The second-order valence-electron chi connectivity index (χ2n) is 4.57. The molecule has 1 heterocycles. The highest BCUT2D eigenvalue weighted by molar-refractivity contribution is 5.79. The van der Waals surface area contributed by atoms with Crippen LogP contribution in [0.15, 0.2) is 4.99 Å². The molecular formula is C13H29N5. The molecule has 0 aromatic rings. The van der Waals surface area contributed by atoms with Crippen LogP contribution >= 0.6 is 0 Å². The number of aliphatic imine (C=N–C) groups is 1. The Bertz CT molecular complexity index is 226. The SMILES string of the molecule is CCNC(=NCCN1CCN(CC)CC1)NCC. The van der Waals surface area contributed by atoms with Crippen molar-refractivity contribution in [2.75, 3.05) is 58.9 Å². The first-order chi connectivity index (χ1) is 8.80. The second-order valence-corrected chi connectivity index (χ2v) is 4.57. The van der Waals surface area contributed by atoms with Crippen LogP contribution in [0.25, 0.3) is 0 Å². The van der Waals surface area contributed by atoms with Gasteiger partial charge in [-0.3, -0.25) is 9.89 Å². The molecule has 1 saturated heterocycles. The van der Waals surface area contributed by atoms with E-state index in [9.17, 15) is 0 Å². The Balaban J connectivity index is 2.21. The van der Waals surface area contributed by atoms with Gasteiger partial charge < -0.3 is 15.5 Å². The molecule has 1 aliphatic heterocycles. The Kier molecular flexibility index (Phi) is 7.76. The summed E-state index contributed by atoms with van der Waals surface area (Å²) in [5, 5.41) is 6.50. The number of rotatable bonds is 6. The lowest BCUT2D eigenvalue weighted by Gasteiger charge is -2.33. The molecule has 0 aromatic carbocycles. The maximum absolute atomic E-state index is 4.58. The Hall–Kier alpha value is -0.810. The predicted molar refractivity (Wildman–Crippen MR) is 78.2 cm³/mol. The van der Waals surface area contributed by atoms with Crippen LogP contribution < -0.4 is 10.6 Å². The Morgan fingerprint density at radius 2 is 1.50 bits per heavy atom. The summed E-state index contributed by atoms with van der Waals surface area (Å²) < 4.78 is 0. The van der Waals surface area contributed by atoms with Crippen molar-refractivity contribution in [3.05, 3.63) is 0 Å². The third-order valence-electron chi connectivity index (χ3n) is 3.29. The van der Waals surface area contributed by atoms with Crippen LogP contribution in [0.3, 0.4) is 0 Å². The van der Waals surface area contributed by atoms with E-state index >= 15 is 0 Å². The van der Waals surface area contributed by atoms with Crippen LogP contribution in [0.4, 0.5) is 0 Å². The molecule has 1 aliphatic rings. The molecule has 2 N–H and O–H groups in total. The molecule has 106 valence electrons. The van der Waals surface area contributed by atoms with Gasteiger partial charge >= 0.3 is 0 Å². The van der Waals surface area contributed by atoms with E-state index in [1.165, 1.54) is 32.7 Å². The minimum Gasteiger partial charge on any atom is -0.357 e. The summed E-state index contributed by atoms with van der Waals surface area (Å²) in [7, 11) is 0. The molecule has 5 nitrogen and oxygen atoms in total. The zero-order chi connectivity index (χ0) is 13.2. The van der Waals surface area contributed by atoms with Gasteiger partial charge in [0.1, 0.15) is 0 Å². The van der Waals surface area contributed by atoms with Crippen molar-refractivity contribution in [2.45, 2.75) is 20.8 Å². The Labute approximate surface area is 112 Å². The number of hydrogen-bond donors (Lipinski definition) is 2. The molecular weight excluding hydrogens is 226 g/mol. The van der Waals surface area contributed by atoms with E-state index in [1.807, 2.05) is 0 Å². The van der Waals surface area contributed by atoms with E-state index in [0.717, 1.165) is 32.1 Å². The van der Waals surface area contributed by atoms with Crippen molar-refractivity contribution in [3.8, 4) is 0 Å². The van der Waals surface area contributed by atoms with Gasteiger partial charge in [0.05, 0.1) is 6.54 Å². The van der Waals surface area contributed by atoms with Crippen molar-refractivity contribution in [1.82, 2.24) is 20.4 Å². The summed E-state index contributed by atoms with van der Waals surface area (Å²) in [6.07, 6.45) is 0. The smallest absolute Gasteiger partial charge is 0.191 e. The van der Waals surface area contributed by atoms with Crippen LogP contribution in [-0.4, -0.2) is 74.7 Å². The highest BCUT2D eigenvalue weighted by atomic mass is 15.3. The molecule has 0 saturated carbocycles. The van der Waals surface area contributed by atoms with E-state index in [0.29, 0.717) is 0 Å². The number of guanidine groups is 1. The lowest BCUT2D eigenvalue weighted by atomic mass is 10.3. The molecule has 0 unspecified atom stereocenters. The van der Waals surface area contributed by atoms with E-state index in [1.54, 1.807) is 0 Å².